The first kappa shape index (κ1) is 12.2. The van der Waals surface area contributed by atoms with Crippen LogP contribution in [0.2, 0.25) is 0 Å². The Kier molecular flexibility index (Phi) is 3.01. The van der Waals surface area contributed by atoms with Crippen LogP contribution >= 0.6 is 0 Å². The quantitative estimate of drug-likeness (QED) is 0.784. The molecule has 0 radical (unpaired) electrons. The Labute approximate surface area is 112 Å². The van der Waals surface area contributed by atoms with E-state index in [1.165, 1.54) is 0 Å². The van der Waals surface area contributed by atoms with Crippen molar-refractivity contribution in [1.82, 2.24) is 4.90 Å². The Morgan fingerprint density at radius 3 is 2.63 bits per heavy atom. The summed E-state index contributed by atoms with van der Waals surface area (Å²) in [5, 5.41) is 0. The number of carbonyl (C=O) groups is 2. The maximum absolute atomic E-state index is 12.2. The Morgan fingerprint density at radius 1 is 1.32 bits per heavy atom. The number of hydrogen-bond donors (Lipinski definition) is 0. The summed E-state index contributed by atoms with van der Waals surface area (Å²) < 4.78 is 5.35. The molecule has 2 saturated heterocycles. The predicted molar refractivity (Wildman–Crippen MR) is 69.5 cm³/mol. The average molecular weight is 259 g/mol. The molecule has 2 fully saturated rings. The van der Waals surface area contributed by atoms with Crippen LogP contribution in [0.5, 0.6) is 0 Å². The molecule has 1 aromatic rings. The molecule has 2 aliphatic rings. The highest BCUT2D eigenvalue weighted by molar-refractivity contribution is 5.79. The predicted octanol–water partition coefficient (Wildman–Crippen LogP) is 2.52. The van der Waals surface area contributed by atoms with Crippen molar-refractivity contribution in [2.75, 3.05) is 0 Å². The van der Waals surface area contributed by atoms with Gasteiger partial charge in [0, 0.05) is 6.04 Å². The average Bonchev–Trinajstić information content (AvgIpc) is 3.02. The molecule has 0 spiro atoms. The zero-order valence-corrected chi connectivity index (χ0v) is 10.7. The number of benzene rings is 1. The molecule has 0 N–H and O–H groups in total. The van der Waals surface area contributed by atoms with Gasteiger partial charge in [-0.25, -0.2) is 4.79 Å². The Morgan fingerprint density at radius 2 is 2.00 bits per heavy atom. The maximum atomic E-state index is 12.2. The fourth-order valence-corrected chi connectivity index (χ4v) is 3.26. The van der Waals surface area contributed by atoms with Gasteiger partial charge in [0.15, 0.2) is 0 Å². The van der Waals surface area contributed by atoms with E-state index in [1.54, 1.807) is 4.90 Å². The van der Waals surface area contributed by atoms with E-state index in [-0.39, 0.29) is 18.7 Å². The molecule has 2 heterocycles. The second-order valence-electron chi connectivity index (χ2n) is 5.36. The fourth-order valence-electron chi connectivity index (χ4n) is 3.26. The van der Waals surface area contributed by atoms with E-state index in [2.05, 4.69) is 0 Å². The normalized spacial score (nSPS) is 28.4. The first-order chi connectivity index (χ1) is 9.25. The van der Waals surface area contributed by atoms with E-state index in [4.69, 9.17) is 4.74 Å². The molecule has 0 saturated carbocycles. The molecule has 2 bridgehead atoms. The van der Waals surface area contributed by atoms with Crippen LogP contribution in [-0.2, 0) is 16.1 Å². The van der Waals surface area contributed by atoms with Crippen molar-refractivity contribution in [3.8, 4) is 0 Å². The van der Waals surface area contributed by atoms with Crippen LogP contribution < -0.4 is 0 Å². The second kappa shape index (κ2) is 4.68. The smallest absolute Gasteiger partial charge is 0.411 e. The van der Waals surface area contributed by atoms with Gasteiger partial charge < -0.3 is 9.53 Å². The van der Waals surface area contributed by atoms with Crippen molar-refractivity contribution in [1.29, 1.82) is 0 Å². The van der Waals surface area contributed by atoms with Crippen LogP contribution in [0.25, 0.3) is 0 Å². The minimum absolute atomic E-state index is 0.188. The Hall–Kier alpha value is -1.84. The molecule has 4 nitrogen and oxygen atoms in total. The van der Waals surface area contributed by atoms with Crippen molar-refractivity contribution in [3.63, 3.8) is 0 Å². The molecule has 1 aromatic carbocycles. The van der Waals surface area contributed by atoms with Crippen molar-refractivity contribution in [2.24, 2.45) is 0 Å². The summed E-state index contributed by atoms with van der Waals surface area (Å²) in [5.41, 5.74) is 0.376. The summed E-state index contributed by atoms with van der Waals surface area (Å²) in [5.74, 6) is 0. The highest BCUT2D eigenvalue weighted by atomic mass is 16.6. The number of hydrogen-bond acceptors (Lipinski definition) is 3. The van der Waals surface area contributed by atoms with E-state index >= 15 is 0 Å². The first-order valence-electron chi connectivity index (χ1n) is 6.71. The van der Waals surface area contributed by atoms with Gasteiger partial charge in [-0.2, -0.15) is 0 Å². The lowest BCUT2D eigenvalue weighted by atomic mass is 9.89. The van der Waals surface area contributed by atoms with Crippen molar-refractivity contribution in [3.05, 3.63) is 35.9 Å². The van der Waals surface area contributed by atoms with E-state index in [9.17, 15) is 9.59 Å². The van der Waals surface area contributed by atoms with Crippen LogP contribution in [0.1, 0.15) is 31.2 Å². The lowest BCUT2D eigenvalue weighted by molar-refractivity contribution is -0.115. The highest BCUT2D eigenvalue weighted by Crippen LogP contribution is 2.45. The Bertz CT molecular complexity index is 477. The molecule has 2 aliphatic heterocycles. The molecule has 0 aromatic heterocycles. The van der Waals surface area contributed by atoms with Crippen LogP contribution in [0.15, 0.2) is 30.3 Å². The highest BCUT2D eigenvalue weighted by Gasteiger charge is 2.54. The number of fused-ring (bicyclic) bond motifs is 2. The van der Waals surface area contributed by atoms with E-state index in [0.29, 0.717) is 0 Å². The number of amides is 1. The van der Waals surface area contributed by atoms with Crippen molar-refractivity contribution in [2.45, 2.75) is 43.9 Å². The molecule has 0 unspecified atom stereocenters. The molecule has 100 valence electrons. The van der Waals surface area contributed by atoms with Crippen molar-refractivity contribution >= 4 is 12.4 Å². The number of ether oxygens (including phenoxy) is 1. The molecule has 0 atom stereocenters. The van der Waals surface area contributed by atoms with Crippen LogP contribution in [-0.4, -0.2) is 28.9 Å². The third kappa shape index (κ3) is 2.01. The summed E-state index contributed by atoms with van der Waals surface area (Å²) in [6.45, 7) is 0.262. The monoisotopic (exact) mass is 259 g/mol. The van der Waals surface area contributed by atoms with Crippen LogP contribution in [0.3, 0.4) is 0 Å². The molecule has 0 aliphatic carbocycles. The van der Waals surface area contributed by atoms with Crippen LogP contribution in [0, 0.1) is 0 Å². The van der Waals surface area contributed by atoms with Gasteiger partial charge >= 0.3 is 6.09 Å². The molecule has 19 heavy (non-hydrogen) atoms. The summed E-state index contributed by atoms with van der Waals surface area (Å²) in [6.07, 6.45) is 3.97. The third-order valence-corrected chi connectivity index (χ3v) is 4.29. The zero-order valence-electron chi connectivity index (χ0n) is 10.7. The Balaban J connectivity index is 1.66. The van der Waals surface area contributed by atoms with Gasteiger partial charge in [0.25, 0.3) is 0 Å². The fraction of sp³-hybridized carbons (Fsp3) is 0.467. The zero-order chi connectivity index (χ0) is 13.3. The van der Waals surface area contributed by atoms with Crippen LogP contribution in [0.4, 0.5) is 4.79 Å². The molecule has 3 rings (SSSR count). The standard InChI is InChI=1S/C15H17NO3/c17-11-15-8-6-13(7-9-15)16(15)14(18)19-10-12-4-2-1-3-5-12/h1-5,11,13H,6-10H2. The third-order valence-electron chi connectivity index (χ3n) is 4.29. The summed E-state index contributed by atoms with van der Waals surface area (Å²) in [7, 11) is 0. The van der Waals surface area contributed by atoms with Crippen molar-refractivity contribution < 1.29 is 14.3 Å². The molecular weight excluding hydrogens is 242 g/mol. The number of carbonyl (C=O) groups excluding carboxylic acids is 2. The van der Waals surface area contributed by atoms with Gasteiger partial charge in [0.1, 0.15) is 18.4 Å². The summed E-state index contributed by atoms with van der Waals surface area (Å²) in [6, 6.07) is 9.77. The number of nitrogens with zero attached hydrogens (tertiary/aromatic N) is 1. The first-order valence-corrected chi connectivity index (χ1v) is 6.71. The lowest BCUT2D eigenvalue weighted by Crippen LogP contribution is -2.46. The SMILES string of the molecule is O=CC12CCC(CC1)N2C(=O)OCc1ccccc1. The summed E-state index contributed by atoms with van der Waals surface area (Å²) in [4.78, 5) is 25.2. The summed E-state index contributed by atoms with van der Waals surface area (Å²) >= 11 is 0. The molecule has 1 amide bonds. The topological polar surface area (TPSA) is 46.6 Å². The van der Waals surface area contributed by atoms with Gasteiger partial charge in [-0.05, 0) is 31.2 Å². The largest absolute Gasteiger partial charge is 0.445 e. The minimum atomic E-state index is -0.585. The van der Waals surface area contributed by atoms with E-state index in [0.717, 1.165) is 37.5 Å². The molecule has 4 heteroatoms. The second-order valence-corrected chi connectivity index (χ2v) is 5.36. The van der Waals surface area contributed by atoms with Gasteiger partial charge in [-0.3, -0.25) is 4.90 Å². The molecular formula is C15H17NO3. The van der Waals surface area contributed by atoms with Gasteiger partial charge in [0.2, 0.25) is 0 Å². The lowest BCUT2D eigenvalue weighted by Gasteiger charge is -2.28. The van der Waals surface area contributed by atoms with Gasteiger partial charge in [-0.15, -0.1) is 0 Å². The number of rotatable bonds is 3. The minimum Gasteiger partial charge on any atom is -0.445 e. The van der Waals surface area contributed by atoms with Gasteiger partial charge in [0.05, 0.1) is 0 Å². The maximum Gasteiger partial charge on any atom is 0.411 e. The number of aldehydes is 1. The van der Waals surface area contributed by atoms with Gasteiger partial charge in [-0.1, -0.05) is 30.3 Å². The van der Waals surface area contributed by atoms with E-state index < -0.39 is 5.54 Å². The van der Waals surface area contributed by atoms with E-state index in [1.807, 2.05) is 30.3 Å².